The van der Waals surface area contributed by atoms with Crippen LogP contribution in [0.5, 0.6) is 5.75 Å². The molecule has 4 aromatic rings. The van der Waals surface area contributed by atoms with E-state index in [1.165, 1.54) is 17.8 Å². The van der Waals surface area contributed by atoms with Gasteiger partial charge in [-0.15, -0.1) is 11.8 Å². The maximum absolute atomic E-state index is 13.3. The van der Waals surface area contributed by atoms with Crippen LogP contribution in [0.1, 0.15) is 26.3 Å². The highest BCUT2D eigenvalue weighted by Gasteiger charge is 2.16. The number of nitrogens with one attached hydrogen (secondary N) is 2. The van der Waals surface area contributed by atoms with Gasteiger partial charge in [0.1, 0.15) is 11.4 Å². The Morgan fingerprint density at radius 1 is 0.850 bits per heavy atom. The molecule has 0 bridgehead atoms. The molecule has 0 aromatic heterocycles. The Bertz CT molecular complexity index is 1560. The summed E-state index contributed by atoms with van der Waals surface area (Å²) in [5, 5.41) is 6.27. The van der Waals surface area contributed by atoms with E-state index in [1.54, 1.807) is 98.1 Å². The van der Waals surface area contributed by atoms with Crippen molar-refractivity contribution in [3.05, 3.63) is 129 Å². The molecule has 9 heteroatoms. The molecule has 0 aliphatic carbocycles. The Morgan fingerprint density at radius 2 is 1.60 bits per heavy atom. The quantitative estimate of drug-likeness (QED) is 0.114. The molecule has 0 aliphatic rings. The summed E-state index contributed by atoms with van der Waals surface area (Å²) in [4.78, 5) is 39.6. The molecule has 0 heterocycles. The van der Waals surface area contributed by atoms with Gasteiger partial charge in [0.15, 0.2) is 5.78 Å². The Balaban J connectivity index is 1.49. The summed E-state index contributed by atoms with van der Waals surface area (Å²) in [7, 11) is 1.57. The first-order valence-electron chi connectivity index (χ1n) is 12.1. The summed E-state index contributed by atoms with van der Waals surface area (Å²) in [6.45, 7) is 0. The van der Waals surface area contributed by atoms with Crippen molar-refractivity contribution in [2.45, 2.75) is 4.90 Å². The summed E-state index contributed by atoms with van der Waals surface area (Å²) in [6, 6.07) is 27.4. The zero-order chi connectivity index (χ0) is 28.5. The maximum atomic E-state index is 13.3. The minimum absolute atomic E-state index is 0.00850. The van der Waals surface area contributed by atoms with Gasteiger partial charge in [0.2, 0.25) is 0 Å². The van der Waals surface area contributed by atoms with E-state index in [0.717, 1.165) is 4.90 Å². The number of ketones is 1. The SMILES string of the molecule is COc1ccc(C(=O)CSc2cccc(NC(=O)/C(=C/c3ccc(Cl)cc3Cl)NC(=O)c3ccccc3)c2)cc1. The average molecular weight is 592 g/mol. The van der Waals surface area contributed by atoms with E-state index in [1.807, 2.05) is 6.07 Å². The molecule has 0 radical (unpaired) electrons. The third-order valence-electron chi connectivity index (χ3n) is 5.66. The molecule has 40 heavy (non-hydrogen) atoms. The fourth-order valence-electron chi connectivity index (χ4n) is 3.59. The fraction of sp³-hybridized carbons (Fsp3) is 0.0645. The van der Waals surface area contributed by atoms with E-state index in [0.29, 0.717) is 38.2 Å². The summed E-state index contributed by atoms with van der Waals surface area (Å²) < 4.78 is 5.14. The molecule has 4 aromatic carbocycles. The smallest absolute Gasteiger partial charge is 0.272 e. The lowest BCUT2D eigenvalue weighted by Gasteiger charge is -2.13. The number of halogens is 2. The number of thioether (sulfide) groups is 1. The van der Waals surface area contributed by atoms with Crippen molar-refractivity contribution < 1.29 is 19.1 Å². The molecule has 0 atom stereocenters. The van der Waals surface area contributed by atoms with E-state index >= 15 is 0 Å². The highest BCUT2D eigenvalue weighted by molar-refractivity contribution is 8.00. The van der Waals surface area contributed by atoms with Crippen LogP contribution in [0.25, 0.3) is 6.08 Å². The van der Waals surface area contributed by atoms with Crippen molar-refractivity contribution in [1.82, 2.24) is 5.32 Å². The molecule has 2 amide bonds. The van der Waals surface area contributed by atoms with Gasteiger partial charge in [-0.3, -0.25) is 14.4 Å². The zero-order valence-corrected chi connectivity index (χ0v) is 23.6. The van der Waals surface area contributed by atoms with Gasteiger partial charge in [-0.1, -0.05) is 53.5 Å². The standard InChI is InChI=1S/C31H24Cl2N2O4S/c1-39-25-14-11-20(12-15-25)29(36)19-40-26-9-5-8-24(18-26)34-31(38)28(16-22-10-13-23(32)17-27(22)33)35-30(37)21-6-3-2-4-7-21/h2-18H,19H2,1H3,(H,34,38)(H,35,37)/b28-16-. The number of benzene rings is 4. The molecule has 0 saturated heterocycles. The predicted octanol–water partition coefficient (Wildman–Crippen LogP) is 7.39. The fourth-order valence-corrected chi connectivity index (χ4v) is 4.90. The monoisotopic (exact) mass is 590 g/mol. The number of amides is 2. The number of anilines is 1. The predicted molar refractivity (Wildman–Crippen MR) is 161 cm³/mol. The molecule has 0 fully saturated rings. The molecule has 2 N–H and O–H groups in total. The number of ether oxygens (including phenoxy) is 1. The van der Waals surface area contributed by atoms with Crippen molar-refractivity contribution in [1.29, 1.82) is 0 Å². The van der Waals surface area contributed by atoms with Crippen LogP contribution in [0.4, 0.5) is 5.69 Å². The number of Topliss-reactive ketones (excluding diaryl/α,β-unsaturated/α-hetero) is 1. The first-order chi connectivity index (χ1) is 19.3. The van der Waals surface area contributed by atoms with Crippen LogP contribution in [-0.2, 0) is 4.79 Å². The lowest BCUT2D eigenvalue weighted by Crippen LogP contribution is -2.30. The lowest BCUT2D eigenvalue weighted by molar-refractivity contribution is -0.113. The zero-order valence-electron chi connectivity index (χ0n) is 21.3. The second kappa shape index (κ2) is 13.8. The highest BCUT2D eigenvalue weighted by atomic mass is 35.5. The van der Waals surface area contributed by atoms with Crippen LogP contribution in [-0.4, -0.2) is 30.5 Å². The third-order valence-corrected chi connectivity index (χ3v) is 7.22. The number of hydrogen-bond donors (Lipinski definition) is 2. The Hall–Kier alpha value is -4.04. The minimum atomic E-state index is -0.549. The van der Waals surface area contributed by atoms with E-state index in [4.69, 9.17) is 27.9 Å². The van der Waals surface area contributed by atoms with Crippen LogP contribution in [0, 0.1) is 0 Å². The van der Waals surface area contributed by atoms with Gasteiger partial charge < -0.3 is 15.4 Å². The first kappa shape index (κ1) is 29.0. The molecular weight excluding hydrogens is 567 g/mol. The number of carbonyl (C=O) groups excluding carboxylic acids is 3. The Kier molecular flexibility index (Phi) is 10.0. The van der Waals surface area contributed by atoms with E-state index in [-0.39, 0.29) is 17.2 Å². The molecular formula is C31H24Cl2N2O4S. The van der Waals surface area contributed by atoms with Gasteiger partial charge in [0.05, 0.1) is 12.9 Å². The molecule has 0 spiro atoms. The molecule has 202 valence electrons. The van der Waals surface area contributed by atoms with Crippen molar-refractivity contribution in [3.63, 3.8) is 0 Å². The second-order valence-electron chi connectivity index (χ2n) is 8.47. The lowest BCUT2D eigenvalue weighted by atomic mass is 10.1. The Labute approximate surface area is 246 Å². The van der Waals surface area contributed by atoms with Gasteiger partial charge in [0.25, 0.3) is 11.8 Å². The van der Waals surface area contributed by atoms with Crippen LogP contribution >= 0.6 is 35.0 Å². The van der Waals surface area contributed by atoms with Gasteiger partial charge in [-0.2, -0.15) is 0 Å². The molecule has 0 unspecified atom stereocenters. The summed E-state index contributed by atoms with van der Waals surface area (Å²) in [6.07, 6.45) is 1.49. The largest absolute Gasteiger partial charge is 0.497 e. The van der Waals surface area contributed by atoms with Crippen molar-refractivity contribution in [2.24, 2.45) is 0 Å². The highest BCUT2D eigenvalue weighted by Crippen LogP contribution is 2.25. The number of rotatable bonds is 10. The minimum Gasteiger partial charge on any atom is -0.497 e. The van der Waals surface area contributed by atoms with Crippen LogP contribution in [0.15, 0.2) is 108 Å². The van der Waals surface area contributed by atoms with Gasteiger partial charge >= 0.3 is 0 Å². The number of hydrogen-bond acceptors (Lipinski definition) is 5. The van der Waals surface area contributed by atoms with E-state index in [9.17, 15) is 14.4 Å². The van der Waals surface area contributed by atoms with Gasteiger partial charge in [-0.25, -0.2) is 0 Å². The van der Waals surface area contributed by atoms with Gasteiger partial charge in [-0.05, 0) is 78.4 Å². The van der Waals surface area contributed by atoms with E-state index in [2.05, 4.69) is 10.6 Å². The van der Waals surface area contributed by atoms with Crippen LogP contribution in [0.3, 0.4) is 0 Å². The van der Waals surface area contributed by atoms with E-state index < -0.39 is 11.8 Å². The van der Waals surface area contributed by atoms with Crippen molar-refractivity contribution in [2.75, 3.05) is 18.2 Å². The van der Waals surface area contributed by atoms with Crippen LogP contribution < -0.4 is 15.4 Å². The molecule has 0 saturated carbocycles. The Morgan fingerprint density at radius 3 is 2.30 bits per heavy atom. The maximum Gasteiger partial charge on any atom is 0.272 e. The number of methoxy groups -OCH3 is 1. The second-order valence-corrected chi connectivity index (χ2v) is 10.4. The first-order valence-corrected chi connectivity index (χ1v) is 13.8. The third kappa shape index (κ3) is 7.99. The van der Waals surface area contributed by atoms with Crippen LogP contribution in [0.2, 0.25) is 10.0 Å². The normalized spacial score (nSPS) is 11.0. The molecule has 6 nitrogen and oxygen atoms in total. The summed E-state index contributed by atoms with van der Waals surface area (Å²) >= 11 is 13.7. The molecule has 0 aliphatic heterocycles. The van der Waals surface area contributed by atoms with Crippen molar-refractivity contribution >= 4 is 64.3 Å². The average Bonchev–Trinajstić information content (AvgIpc) is 2.97. The van der Waals surface area contributed by atoms with Gasteiger partial charge in [0, 0.05) is 31.8 Å². The summed E-state index contributed by atoms with van der Waals surface area (Å²) in [5.74, 6) is -0.132. The number of carbonyl (C=O) groups is 3. The topological polar surface area (TPSA) is 84.5 Å². The summed E-state index contributed by atoms with van der Waals surface area (Å²) in [5.41, 5.74) is 1.97. The molecule has 4 rings (SSSR count). The van der Waals surface area contributed by atoms with Crippen molar-refractivity contribution in [3.8, 4) is 5.75 Å².